The van der Waals surface area contributed by atoms with E-state index in [0.717, 1.165) is 33.3 Å². The van der Waals surface area contributed by atoms with E-state index in [0.29, 0.717) is 29.2 Å². The number of carbonyl (C=O) groups is 1. The average molecular weight is 498 g/mol. The molecule has 0 radical (unpaired) electrons. The van der Waals surface area contributed by atoms with E-state index in [-0.39, 0.29) is 18.0 Å². The first-order valence-electron chi connectivity index (χ1n) is 11.5. The number of nitrogens with one attached hydrogen (secondary N) is 2. The van der Waals surface area contributed by atoms with Gasteiger partial charge in [0.2, 0.25) is 0 Å². The minimum absolute atomic E-state index is 0.0560. The highest BCUT2D eigenvalue weighted by Gasteiger charge is 2.11. The van der Waals surface area contributed by atoms with Crippen molar-refractivity contribution in [1.29, 1.82) is 0 Å². The molecule has 0 saturated carbocycles. The highest BCUT2D eigenvalue weighted by Crippen LogP contribution is 2.22. The summed E-state index contributed by atoms with van der Waals surface area (Å²) in [5, 5.41) is 11.7. The van der Waals surface area contributed by atoms with Crippen LogP contribution in [0.4, 0.5) is 5.69 Å². The molecule has 3 aromatic carbocycles. The van der Waals surface area contributed by atoms with Gasteiger partial charge in [0.15, 0.2) is 0 Å². The standard InChI is InChI=1S/C28H24ClN5O2/c29-22-9-10-25-23(15-22)26(33-32-25)16-31-28(36)21-5-3-4-18(13-21)12-20-8-7-19(14-24(20)30)17-34-11-2-1-6-27(34)35/h1-11,13-15H,12,16-17,30H2,(H,31,36)(H,32,33). The number of nitrogens with two attached hydrogens (primary N) is 1. The van der Waals surface area contributed by atoms with Gasteiger partial charge in [-0.1, -0.05) is 41.9 Å². The van der Waals surface area contributed by atoms with Crippen LogP contribution in [0.3, 0.4) is 0 Å². The largest absolute Gasteiger partial charge is 0.398 e. The monoisotopic (exact) mass is 497 g/mol. The number of anilines is 1. The fourth-order valence-corrected chi connectivity index (χ4v) is 4.35. The summed E-state index contributed by atoms with van der Waals surface area (Å²) >= 11 is 6.10. The molecule has 7 nitrogen and oxygen atoms in total. The van der Waals surface area contributed by atoms with Gasteiger partial charge < -0.3 is 15.6 Å². The van der Waals surface area contributed by atoms with Gasteiger partial charge in [-0.05, 0) is 65.6 Å². The number of nitrogen functional groups attached to an aromatic ring is 1. The Morgan fingerprint density at radius 2 is 1.89 bits per heavy atom. The molecule has 8 heteroatoms. The molecule has 0 unspecified atom stereocenters. The van der Waals surface area contributed by atoms with Crippen molar-refractivity contribution < 1.29 is 4.79 Å². The SMILES string of the molecule is Nc1cc(Cn2ccccc2=O)ccc1Cc1cccc(C(=O)NCc2n[nH]c3ccc(Cl)cc23)c1. The molecular formula is C28H24ClN5O2. The Morgan fingerprint density at radius 1 is 1.00 bits per heavy atom. The second kappa shape index (κ2) is 10.1. The Morgan fingerprint density at radius 3 is 2.72 bits per heavy atom. The molecule has 0 atom stereocenters. The third-order valence-electron chi connectivity index (χ3n) is 6.07. The lowest BCUT2D eigenvalue weighted by atomic mass is 10.00. The summed E-state index contributed by atoms with van der Waals surface area (Å²) < 4.78 is 1.64. The van der Waals surface area contributed by atoms with Crippen molar-refractivity contribution in [3.8, 4) is 0 Å². The van der Waals surface area contributed by atoms with Crippen molar-refractivity contribution in [3.05, 3.63) is 128 Å². The first-order valence-corrected chi connectivity index (χ1v) is 11.9. The molecule has 2 aromatic heterocycles. The van der Waals surface area contributed by atoms with Crippen LogP contribution in [-0.2, 0) is 19.5 Å². The summed E-state index contributed by atoms with van der Waals surface area (Å²) in [7, 11) is 0. The van der Waals surface area contributed by atoms with E-state index in [4.69, 9.17) is 17.3 Å². The summed E-state index contributed by atoms with van der Waals surface area (Å²) in [6.45, 7) is 0.736. The predicted molar refractivity (Wildman–Crippen MR) is 142 cm³/mol. The molecule has 0 aliphatic heterocycles. The zero-order valence-electron chi connectivity index (χ0n) is 19.4. The number of amides is 1. The summed E-state index contributed by atoms with van der Waals surface area (Å²) in [6.07, 6.45) is 2.34. The van der Waals surface area contributed by atoms with Gasteiger partial charge in [-0.15, -0.1) is 0 Å². The van der Waals surface area contributed by atoms with Gasteiger partial charge in [0.25, 0.3) is 11.5 Å². The Balaban J connectivity index is 1.26. The Labute approximate surface area is 212 Å². The van der Waals surface area contributed by atoms with Crippen LogP contribution in [0.25, 0.3) is 10.9 Å². The van der Waals surface area contributed by atoms with E-state index in [9.17, 15) is 9.59 Å². The molecular weight excluding hydrogens is 474 g/mol. The molecule has 0 aliphatic carbocycles. The smallest absolute Gasteiger partial charge is 0.251 e. The molecule has 0 bridgehead atoms. The number of hydrogen-bond acceptors (Lipinski definition) is 4. The molecule has 4 N–H and O–H groups in total. The molecule has 36 heavy (non-hydrogen) atoms. The van der Waals surface area contributed by atoms with E-state index in [1.165, 1.54) is 6.07 Å². The number of hydrogen-bond donors (Lipinski definition) is 3. The van der Waals surface area contributed by atoms with Crippen LogP contribution in [0.15, 0.2) is 89.9 Å². The van der Waals surface area contributed by atoms with Crippen molar-refractivity contribution >= 4 is 34.1 Å². The van der Waals surface area contributed by atoms with Crippen molar-refractivity contribution in [1.82, 2.24) is 20.1 Å². The summed E-state index contributed by atoms with van der Waals surface area (Å²) in [6, 6.07) is 23.9. The number of benzene rings is 3. The van der Waals surface area contributed by atoms with Gasteiger partial charge in [0, 0.05) is 33.9 Å². The number of aromatic amines is 1. The van der Waals surface area contributed by atoms with Crippen LogP contribution in [0.2, 0.25) is 5.02 Å². The minimum Gasteiger partial charge on any atom is -0.398 e. The summed E-state index contributed by atoms with van der Waals surface area (Å²) in [4.78, 5) is 24.8. The van der Waals surface area contributed by atoms with E-state index in [2.05, 4.69) is 15.5 Å². The fraction of sp³-hybridized carbons (Fsp3) is 0.107. The van der Waals surface area contributed by atoms with Crippen molar-refractivity contribution in [3.63, 3.8) is 0 Å². The number of rotatable bonds is 7. The van der Waals surface area contributed by atoms with Crippen LogP contribution in [0.5, 0.6) is 0 Å². The number of aromatic nitrogens is 3. The fourth-order valence-electron chi connectivity index (χ4n) is 4.18. The van der Waals surface area contributed by atoms with Gasteiger partial charge in [0.1, 0.15) is 0 Å². The van der Waals surface area contributed by atoms with Crippen molar-refractivity contribution in [2.24, 2.45) is 0 Å². The van der Waals surface area contributed by atoms with Gasteiger partial charge >= 0.3 is 0 Å². The van der Waals surface area contributed by atoms with Crippen LogP contribution in [-0.4, -0.2) is 20.7 Å². The second-order valence-corrected chi connectivity index (χ2v) is 9.06. The minimum atomic E-state index is -0.188. The van der Waals surface area contributed by atoms with Gasteiger partial charge in [-0.2, -0.15) is 5.10 Å². The lowest BCUT2D eigenvalue weighted by Crippen LogP contribution is -2.23. The number of halogens is 1. The lowest BCUT2D eigenvalue weighted by Gasteiger charge is -2.11. The third-order valence-corrected chi connectivity index (χ3v) is 6.30. The summed E-state index contributed by atoms with van der Waals surface area (Å²) in [5.74, 6) is -0.188. The van der Waals surface area contributed by atoms with Gasteiger partial charge in [0.05, 0.1) is 24.3 Å². The molecule has 0 spiro atoms. The lowest BCUT2D eigenvalue weighted by molar-refractivity contribution is 0.0950. The maximum atomic E-state index is 12.8. The quantitative estimate of drug-likeness (QED) is 0.287. The topological polar surface area (TPSA) is 106 Å². The summed E-state index contributed by atoms with van der Waals surface area (Å²) in [5.41, 5.74) is 11.9. The third kappa shape index (κ3) is 5.16. The number of carbonyl (C=O) groups excluding carboxylic acids is 1. The molecule has 5 aromatic rings. The number of H-pyrrole nitrogens is 1. The highest BCUT2D eigenvalue weighted by atomic mass is 35.5. The molecule has 180 valence electrons. The zero-order chi connectivity index (χ0) is 25.1. The molecule has 0 fully saturated rings. The molecule has 2 heterocycles. The van der Waals surface area contributed by atoms with Crippen molar-refractivity contribution in [2.75, 3.05) is 5.73 Å². The van der Waals surface area contributed by atoms with E-state index in [1.807, 2.05) is 54.6 Å². The predicted octanol–water partition coefficient (Wildman–Crippen LogP) is 4.53. The first kappa shape index (κ1) is 23.4. The maximum Gasteiger partial charge on any atom is 0.251 e. The van der Waals surface area contributed by atoms with E-state index >= 15 is 0 Å². The Bertz CT molecular complexity index is 1620. The average Bonchev–Trinajstić information content (AvgIpc) is 3.28. The number of fused-ring (bicyclic) bond motifs is 1. The molecule has 0 saturated heterocycles. The number of pyridine rings is 1. The Hall–Kier alpha value is -4.36. The maximum absolute atomic E-state index is 12.8. The van der Waals surface area contributed by atoms with E-state index in [1.54, 1.807) is 29.0 Å². The highest BCUT2D eigenvalue weighted by molar-refractivity contribution is 6.31. The van der Waals surface area contributed by atoms with Gasteiger partial charge in [-0.25, -0.2) is 0 Å². The van der Waals surface area contributed by atoms with Crippen LogP contribution in [0, 0.1) is 0 Å². The number of nitrogens with zero attached hydrogens (tertiary/aromatic N) is 2. The van der Waals surface area contributed by atoms with Crippen molar-refractivity contribution in [2.45, 2.75) is 19.5 Å². The molecule has 0 aliphatic rings. The molecule has 1 amide bonds. The van der Waals surface area contributed by atoms with Crippen LogP contribution in [0.1, 0.15) is 32.7 Å². The second-order valence-electron chi connectivity index (χ2n) is 8.62. The first-order chi connectivity index (χ1) is 17.5. The van der Waals surface area contributed by atoms with Crippen LogP contribution >= 0.6 is 11.6 Å². The normalized spacial score (nSPS) is 11.0. The Kier molecular flexibility index (Phi) is 6.56. The van der Waals surface area contributed by atoms with Gasteiger partial charge in [-0.3, -0.25) is 14.7 Å². The zero-order valence-corrected chi connectivity index (χ0v) is 20.1. The van der Waals surface area contributed by atoms with Crippen LogP contribution < -0.4 is 16.6 Å². The molecule has 5 rings (SSSR count). The van der Waals surface area contributed by atoms with E-state index < -0.39 is 0 Å².